The molecule has 4 rings (SSSR count). The van der Waals surface area contributed by atoms with Crippen LogP contribution in [-0.2, 0) is 5.75 Å². The van der Waals surface area contributed by atoms with Crippen molar-refractivity contribution < 1.29 is 9.15 Å². The second-order valence-electron chi connectivity index (χ2n) is 5.32. The number of para-hydroxylation sites is 1. The van der Waals surface area contributed by atoms with Crippen molar-refractivity contribution in [3.63, 3.8) is 0 Å². The van der Waals surface area contributed by atoms with Crippen molar-refractivity contribution in [1.29, 1.82) is 0 Å². The van der Waals surface area contributed by atoms with Crippen molar-refractivity contribution in [1.82, 2.24) is 19.9 Å². The first kappa shape index (κ1) is 16.7. The molecule has 4 aromatic rings. The Hall–Kier alpha value is -2.78. The Morgan fingerprint density at radius 1 is 1.27 bits per heavy atom. The third-order valence-corrected chi connectivity index (χ3v) is 5.60. The van der Waals surface area contributed by atoms with Crippen LogP contribution in [0.3, 0.4) is 0 Å². The second-order valence-corrected chi connectivity index (χ2v) is 7.12. The number of aromatic nitrogens is 4. The van der Waals surface area contributed by atoms with Crippen LogP contribution >= 0.6 is 23.1 Å². The molecule has 7 nitrogen and oxygen atoms in total. The summed E-state index contributed by atoms with van der Waals surface area (Å²) < 4.78 is 11.9. The highest BCUT2D eigenvalue weighted by Gasteiger charge is 2.16. The number of methoxy groups -OCH3 is 1. The van der Waals surface area contributed by atoms with Gasteiger partial charge in [0.05, 0.1) is 24.6 Å². The number of rotatable bonds is 6. The van der Waals surface area contributed by atoms with E-state index in [1.54, 1.807) is 31.0 Å². The number of nitrogens with two attached hydrogens (primary N) is 1. The van der Waals surface area contributed by atoms with E-state index in [2.05, 4.69) is 15.2 Å². The molecule has 0 bridgehead atoms. The van der Waals surface area contributed by atoms with Crippen LogP contribution in [-0.4, -0.2) is 27.0 Å². The van der Waals surface area contributed by atoms with Crippen LogP contribution in [0.2, 0.25) is 0 Å². The molecule has 2 N–H and O–H groups in total. The lowest BCUT2D eigenvalue weighted by Gasteiger charge is -2.07. The molecule has 26 heavy (non-hydrogen) atoms. The van der Waals surface area contributed by atoms with E-state index in [4.69, 9.17) is 15.0 Å². The van der Waals surface area contributed by atoms with Gasteiger partial charge in [0, 0.05) is 16.7 Å². The van der Waals surface area contributed by atoms with Gasteiger partial charge in [0.2, 0.25) is 5.16 Å². The zero-order chi connectivity index (χ0) is 17.9. The Morgan fingerprint density at radius 2 is 2.15 bits per heavy atom. The van der Waals surface area contributed by atoms with Gasteiger partial charge < -0.3 is 15.0 Å². The van der Waals surface area contributed by atoms with Gasteiger partial charge in [0.15, 0.2) is 5.82 Å². The van der Waals surface area contributed by atoms with Crippen molar-refractivity contribution in [3.8, 4) is 27.7 Å². The average molecular weight is 385 g/mol. The third-order valence-electron chi connectivity index (χ3n) is 3.68. The molecule has 0 spiro atoms. The van der Waals surface area contributed by atoms with Gasteiger partial charge in [-0.3, -0.25) is 0 Å². The number of hydrogen-bond acceptors (Lipinski definition) is 8. The highest BCUT2D eigenvalue weighted by molar-refractivity contribution is 7.98. The minimum absolute atomic E-state index is 0.558. The molecule has 1 aromatic carbocycles. The molecule has 9 heteroatoms. The summed E-state index contributed by atoms with van der Waals surface area (Å²) >= 11 is 3.06. The molecule has 0 fully saturated rings. The maximum atomic E-state index is 6.19. The Bertz CT molecular complexity index is 1010. The molecule has 0 saturated heterocycles. The van der Waals surface area contributed by atoms with E-state index in [0.29, 0.717) is 22.5 Å². The Labute approximate surface area is 157 Å². The summed E-state index contributed by atoms with van der Waals surface area (Å²) in [6.45, 7) is 0. The van der Waals surface area contributed by atoms with Crippen LogP contribution in [0.25, 0.3) is 22.0 Å². The topological polar surface area (TPSA) is 92.0 Å². The highest BCUT2D eigenvalue weighted by atomic mass is 32.2. The molecule has 0 unspecified atom stereocenters. The average Bonchev–Trinajstić information content (AvgIpc) is 3.41. The summed E-state index contributed by atoms with van der Waals surface area (Å²) in [5, 5.41) is 12.0. The van der Waals surface area contributed by atoms with Crippen LogP contribution in [0.5, 0.6) is 5.75 Å². The Kier molecular flexibility index (Phi) is 4.63. The summed E-state index contributed by atoms with van der Waals surface area (Å²) in [5.74, 6) is 8.10. The van der Waals surface area contributed by atoms with Crippen molar-refractivity contribution in [3.05, 3.63) is 53.9 Å². The van der Waals surface area contributed by atoms with Gasteiger partial charge in [-0.2, -0.15) is 0 Å². The fourth-order valence-electron chi connectivity index (χ4n) is 2.42. The molecule has 0 aliphatic rings. The van der Waals surface area contributed by atoms with Gasteiger partial charge in [0.25, 0.3) is 0 Å². The number of benzene rings is 1. The summed E-state index contributed by atoms with van der Waals surface area (Å²) in [4.78, 5) is 4.61. The lowest BCUT2D eigenvalue weighted by molar-refractivity contribution is 0.416. The van der Waals surface area contributed by atoms with E-state index in [1.165, 1.54) is 16.4 Å². The first-order valence-corrected chi connectivity index (χ1v) is 9.56. The summed E-state index contributed by atoms with van der Waals surface area (Å²) in [5.41, 5.74) is 2.73. The maximum absolute atomic E-state index is 6.19. The molecule has 3 heterocycles. The van der Waals surface area contributed by atoms with Crippen molar-refractivity contribution in [2.75, 3.05) is 13.0 Å². The van der Waals surface area contributed by atoms with Crippen LogP contribution in [0.4, 0.5) is 0 Å². The van der Waals surface area contributed by atoms with Gasteiger partial charge in [-0.15, -0.1) is 21.5 Å². The lowest BCUT2D eigenvalue weighted by Crippen LogP contribution is -2.12. The fraction of sp³-hybridized carbons (Fsp3) is 0.118. The molecular formula is C17H15N5O2S2. The predicted octanol–water partition coefficient (Wildman–Crippen LogP) is 3.68. The second kappa shape index (κ2) is 7.22. The van der Waals surface area contributed by atoms with E-state index in [-0.39, 0.29) is 0 Å². The predicted molar refractivity (Wildman–Crippen MR) is 102 cm³/mol. The third kappa shape index (κ3) is 3.18. The number of thioether (sulfide) groups is 1. The van der Waals surface area contributed by atoms with E-state index in [1.807, 2.05) is 35.7 Å². The largest absolute Gasteiger partial charge is 0.496 e. The Balaban J connectivity index is 1.51. The van der Waals surface area contributed by atoms with Crippen LogP contribution in [0, 0.1) is 0 Å². The molecule has 0 radical (unpaired) electrons. The standard InChI is InChI=1S/C17H15N5O2S2/c1-23-14-5-3-2-4-13(14)15-20-21-17(22(15)18)26-10-12-9-25-16(19-12)11-6-7-24-8-11/h2-9H,10,18H2,1H3. The van der Waals surface area contributed by atoms with Crippen LogP contribution < -0.4 is 10.6 Å². The van der Waals surface area contributed by atoms with Crippen molar-refractivity contribution in [2.45, 2.75) is 10.9 Å². The zero-order valence-electron chi connectivity index (χ0n) is 13.8. The normalized spacial score (nSPS) is 11.0. The molecule has 0 atom stereocenters. The van der Waals surface area contributed by atoms with Crippen molar-refractivity contribution in [2.24, 2.45) is 0 Å². The van der Waals surface area contributed by atoms with Crippen molar-refractivity contribution >= 4 is 23.1 Å². The summed E-state index contributed by atoms with van der Waals surface area (Å²) in [6.07, 6.45) is 3.33. The number of furan rings is 1. The first-order chi connectivity index (χ1) is 12.8. The molecule has 0 saturated carbocycles. The zero-order valence-corrected chi connectivity index (χ0v) is 15.5. The van der Waals surface area contributed by atoms with Crippen LogP contribution in [0.1, 0.15) is 5.69 Å². The fourth-order valence-corrected chi connectivity index (χ4v) is 4.08. The number of nitrogen functional groups attached to an aromatic ring is 1. The van der Waals surface area contributed by atoms with Gasteiger partial charge in [-0.1, -0.05) is 23.9 Å². The first-order valence-electron chi connectivity index (χ1n) is 7.70. The quantitative estimate of drug-likeness (QED) is 0.400. The summed E-state index contributed by atoms with van der Waals surface area (Å²) in [7, 11) is 1.62. The highest BCUT2D eigenvalue weighted by Crippen LogP contribution is 2.31. The minimum Gasteiger partial charge on any atom is -0.496 e. The number of nitrogens with zero attached hydrogens (tertiary/aromatic N) is 4. The molecule has 0 aliphatic heterocycles. The monoisotopic (exact) mass is 385 g/mol. The van der Waals surface area contributed by atoms with Crippen LogP contribution in [0.15, 0.2) is 57.8 Å². The van der Waals surface area contributed by atoms with E-state index in [0.717, 1.165) is 21.8 Å². The number of ether oxygens (including phenoxy) is 1. The number of thiazole rings is 1. The smallest absolute Gasteiger partial charge is 0.210 e. The SMILES string of the molecule is COc1ccccc1-c1nnc(SCc2csc(-c3ccoc3)n2)n1N. The maximum Gasteiger partial charge on any atom is 0.210 e. The van der Waals surface area contributed by atoms with E-state index in [9.17, 15) is 0 Å². The van der Waals surface area contributed by atoms with Gasteiger partial charge >= 0.3 is 0 Å². The Morgan fingerprint density at radius 3 is 2.96 bits per heavy atom. The van der Waals surface area contributed by atoms with E-state index >= 15 is 0 Å². The molecule has 3 aromatic heterocycles. The molecule has 132 valence electrons. The van der Waals surface area contributed by atoms with E-state index < -0.39 is 0 Å². The molecule has 0 aliphatic carbocycles. The lowest BCUT2D eigenvalue weighted by atomic mass is 10.2. The van der Waals surface area contributed by atoms with Gasteiger partial charge in [-0.05, 0) is 18.2 Å². The molecular weight excluding hydrogens is 370 g/mol. The summed E-state index contributed by atoms with van der Waals surface area (Å²) in [6, 6.07) is 9.47. The number of hydrogen-bond donors (Lipinski definition) is 1. The van der Waals surface area contributed by atoms with Gasteiger partial charge in [-0.25, -0.2) is 9.66 Å². The minimum atomic E-state index is 0.558. The molecule has 0 amide bonds. The van der Waals surface area contributed by atoms with Gasteiger partial charge in [0.1, 0.15) is 17.0 Å².